The minimum Gasteiger partial charge on any atom is -0.465 e. The molecule has 0 saturated carbocycles. The summed E-state index contributed by atoms with van der Waals surface area (Å²) in [5.74, 6) is -0.447. The zero-order chi connectivity index (χ0) is 18.1. The number of ether oxygens (including phenoxy) is 1. The summed E-state index contributed by atoms with van der Waals surface area (Å²) >= 11 is 0. The molecule has 3 heterocycles. The van der Waals surface area contributed by atoms with Crippen LogP contribution in [0.5, 0.6) is 0 Å². The first kappa shape index (κ1) is 16.4. The Balaban J connectivity index is 1.92. The van der Waals surface area contributed by atoms with E-state index < -0.39 is 5.92 Å². The molecule has 0 aliphatic carbocycles. The molecule has 0 spiro atoms. The number of benzene rings is 1. The molecule has 1 aliphatic heterocycles. The SMILES string of the molecule is CCCC1=Nc2[nH]ncc2C(c2cccc3nonc23)C1C(=O)OCC. The van der Waals surface area contributed by atoms with Crippen molar-refractivity contribution >= 4 is 28.5 Å². The van der Waals surface area contributed by atoms with Gasteiger partial charge in [-0.15, -0.1) is 0 Å². The quantitative estimate of drug-likeness (QED) is 0.706. The highest BCUT2D eigenvalue weighted by atomic mass is 16.6. The lowest BCUT2D eigenvalue weighted by Crippen LogP contribution is -2.34. The molecule has 2 aromatic heterocycles. The van der Waals surface area contributed by atoms with E-state index in [0.717, 1.165) is 23.3 Å². The van der Waals surface area contributed by atoms with Gasteiger partial charge in [0.1, 0.15) is 17.0 Å². The Hall–Kier alpha value is -3.03. The van der Waals surface area contributed by atoms with E-state index in [1.165, 1.54) is 0 Å². The summed E-state index contributed by atoms with van der Waals surface area (Å²) in [6, 6.07) is 5.65. The largest absolute Gasteiger partial charge is 0.465 e. The summed E-state index contributed by atoms with van der Waals surface area (Å²) in [5.41, 5.74) is 3.78. The zero-order valence-electron chi connectivity index (χ0n) is 14.6. The molecule has 1 aliphatic rings. The maximum Gasteiger partial charge on any atom is 0.315 e. The first-order chi connectivity index (χ1) is 12.7. The number of aromatic amines is 1. The Morgan fingerprint density at radius 2 is 2.15 bits per heavy atom. The standard InChI is InChI=1S/C18H19N5O3/c1-3-6-12-15(18(24)25-4-2)14(11-9-19-21-17(11)20-12)10-7-5-8-13-16(10)23-26-22-13/h5,7-9,14-15H,3-4,6H2,1-2H3,(H,19,21). The molecule has 26 heavy (non-hydrogen) atoms. The highest BCUT2D eigenvalue weighted by Gasteiger charge is 2.41. The van der Waals surface area contributed by atoms with Crippen molar-refractivity contribution in [2.75, 3.05) is 6.61 Å². The molecule has 2 unspecified atom stereocenters. The average molecular weight is 353 g/mol. The van der Waals surface area contributed by atoms with Crippen molar-refractivity contribution in [3.8, 4) is 0 Å². The summed E-state index contributed by atoms with van der Waals surface area (Å²) in [7, 11) is 0. The molecule has 3 aromatic rings. The Kier molecular flexibility index (Phi) is 4.24. The first-order valence-corrected chi connectivity index (χ1v) is 8.73. The number of hydrogen-bond acceptors (Lipinski definition) is 7. The van der Waals surface area contributed by atoms with E-state index >= 15 is 0 Å². The maximum atomic E-state index is 12.9. The highest BCUT2D eigenvalue weighted by Crippen LogP contribution is 2.44. The number of esters is 1. The van der Waals surface area contributed by atoms with Crippen molar-refractivity contribution in [3.05, 3.63) is 35.5 Å². The van der Waals surface area contributed by atoms with Crippen LogP contribution in [-0.2, 0) is 9.53 Å². The maximum absolute atomic E-state index is 12.9. The minimum atomic E-state index is -0.526. The van der Waals surface area contributed by atoms with Crippen LogP contribution in [0.2, 0.25) is 0 Å². The third-order valence-corrected chi connectivity index (χ3v) is 4.63. The van der Waals surface area contributed by atoms with Crippen LogP contribution in [0.4, 0.5) is 5.82 Å². The molecule has 8 nitrogen and oxygen atoms in total. The number of rotatable bonds is 5. The van der Waals surface area contributed by atoms with Crippen LogP contribution in [0.1, 0.15) is 43.7 Å². The molecule has 0 fully saturated rings. The van der Waals surface area contributed by atoms with Crippen molar-refractivity contribution in [2.24, 2.45) is 10.9 Å². The fourth-order valence-corrected chi connectivity index (χ4v) is 3.59. The number of carbonyl (C=O) groups is 1. The van der Waals surface area contributed by atoms with Gasteiger partial charge in [-0.3, -0.25) is 9.89 Å². The Morgan fingerprint density at radius 1 is 1.27 bits per heavy atom. The monoisotopic (exact) mass is 353 g/mol. The fourth-order valence-electron chi connectivity index (χ4n) is 3.59. The number of nitrogens with zero attached hydrogens (tertiary/aromatic N) is 4. The van der Waals surface area contributed by atoms with Gasteiger partial charge in [0, 0.05) is 17.2 Å². The molecule has 134 valence electrons. The van der Waals surface area contributed by atoms with Crippen molar-refractivity contribution in [3.63, 3.8) is 0 Å². The third-order valence-electron chi connectivity index (χ3n) is 4.63. The van der Waals surface area contributed by atoms with E-state index in [2.05, 4.69) is 32.4 Å². The number of aromatic nitrogens is 4. The van der Waals surface area contributed by atoms with Crippen LogP contribution >= 0.6 is 0 Å². The van der Waals surface area contributed by atoms with Gasteiger partial charge in [0.2, 0.25) is 0 Å². The molecule has 1 aromatic carbocycles. The van der Waals surface area contributed by atoms with Gasteiger partial charge in [-0.25, -0.2) is 9.62 Å². The van der Waals surface area contributed by atoms with Crippen LogP contribution in [0, 0.1) is 5.92 Å². The summed E-state index contributed by atoms with van der Waals surface area (Å²) in [4.78, 5) is 17.5. The predicted octanol–water partition coefficient (Wildman–Crippen LogP) is 3.14. The van der Waals surface area contributed by atoms with Gasteiger partial charge in [0.15, 0.2) is 5.82 Å². The molecule has 4 rings (SSSR count). The number of carbonyl (C=O) groups excluding carboxylic acids is 1. The van der Waals surface area contributed by atoms with Gasteiger partial charge in [-0.2, -0.15) is 5.10 Å². The number of hydrogen-bond donors (Lipinski definition) is 1. The third kappa shape index (κ3) is 2.58. The van der Waals surface area contributed by atoms with Gasteiger partial charge in [0.25, 0.3) is 0 Å². The molecular formula is C18H19N5O3. The van der Waals surface area contributed by atoms with E-state index in [1.807, 2.05) is 18.2 Å². The molecule has 0 amide bonds. The molecule has 0 saturated heterocycles. The topological polar surface area (TPSA) is 106 Å². The van der Waals surface area contributed by atoms with E-state index in [-0.39, 0.29) is 11.9 Å². The van der Waals surface area contributed by atoms with Gasteiger partial charge in [-0.1, -0.05) is 25.5 Å². The summed E-state index contributed by atoms with van der Waals surface area (Å²) < 4.78 is 10.3. The average Bonchev–Trinajstić information content (AvgIpc) is 3.29. The number of H-pyrrole nitrogens is 1. The van der Waals surface area contributed by atoms with Crippen molar-refractivity contribution < 1.29 is 14.2 Å². The Morgan fingerprint density at radius 3 is 2.96 bits per heavy atom. The van der Waals surface area contributed by atoms with Crippen LogP contribution < -0.4 is 0 Å². The molecule has 0 bridgehead atoms. The molecular weight excluding hydrogens is 334 g/mol. The Bertz CT molecular complexity index is 974. The summed E-state index contributed by atoms with van der Waals surface area (Å²) in [5, 5.41) is 15.0. The normalized spacial score (nSPS) is 19.2. The fraction of sp³-hybridized carbons (Fsp3) is 0.389. The second-order valence-electron chi connectivity index (χ2n) is 6.21. The van der Waals surface area contributed by atoms with Crippen LogP contribution in [-0.4, -0.2) is 38.8 Å². The lowest BCUT2D eigenvalue weighted by molar-refractivity contribution is -0.146. The van der Waals surface area contributed by atoms with Gasteiger partial charge in [-0.05, 0) is 35.3 Å². The first-order valence-electron chi connectivity index (χ1n) is 8.73. The number of aliphatic imine (C=N–C) groups is 1. The van der Waals surface area contributed by atoms with E-state index in [4.69, 9.17) is 9.37 Å². The van der Waals surface area contributed by atoms with Crippen molar-refractivity contribution in [1.29, 1.82) is 0 Å². The predicted molar refractivity (Wildman–Crippen MR) is 94.4 cm³/mol. The van der Waals surface area contributed by atoms with Crippen molar-refractivity contribution in [2.45, 2.75) is 32.6 Å². The van der Waals surface area contributed by atoms with E-state index in [0.29, 0.717) is 29.9 Å². The molecule has 0 radical (unpaired) electrons. The molecule has 1 N–H and O–H groups in total. The highest BCUT2D eigenvalue weighted by molar-refractivity contribution is 6.06. The van der Waals surface area contributed by atoms with Gasteiger partial charge >= 0.3 is 5.97 Å². The van der Waals surface area contributed by atoms with Crippen molar-refractivity contribution in [1.82, 2.24) is 20.5 Å². The van der Waals surface area contributed by atoms with Crippen LogP contribution in [0.15, 0.2) is 34.0 Å². The summed E-state index contributed by atoms with van der Waals surface area (Å²) in [6.45, 7) is 4.18. The number of fused-ring (bicyclic) bond motifs is 2. The number of nitrogens with one attached hydrogen (secondary N) is 1. The van der Waals surface area contributed by atoms with Crippen LogP contribution in [0.3, 0.4) is 0 Å². The zero-order valence-corrected chi connectivity index (χ0v) is 14.6. The van der Waals surface area contributed by atoms with E-state index in [1.54, 1.807) is 13.1 Å². The second-order valence-corrected chi connectivity index (χ2v) is 6.21. The van der Waals surface area contributed by atoms with Crippen LogP contribution in [0.25, 0.3) is 11.0 Å². The lowest BCUT2D eigenvalue weighted by atomic mass is 9.76. The van der Waals surface area contributed by atoms with E-state index in [9.17, 15) is 4.79 Å². The van der Waals surface area contributed by atoms with Gasteiger partial charge in [0.05, 0.1) is 12.8 Å². The van der Waals surface area contributed by atoms with Gasteiger partial charge < -0.3 is 4.74 Å². The lowest BCUT2D eigenvalue weighted by Gasteiger charge is -2.30. The molecule has 2 atom stereocenters. The minimum absolute atomic E-state index is 0.287. The molecule has 8 heteroatoms. The smallest absolute Gasteiger partial charge is 0.315 e. The Labute approximate surface area is 149 Å². The summed E-state index contributed by atoms with van der Waals surface area (Å²) in [6.07, 6.45) is 3.29. The second kappa shape index (κ2) is 6.70.